The fourth-order valence-electron chi connectivity index (χ4n) is 3.52. The van der Waals surface area contributed by atoms with Crippen molar-refractivity contribution in [1.82, 2.24) is 4.31 Å². The zero-order chi connectivity index (χ0) is 20.1. The van der Waals surface area contributed by atoms with Gasteiger partial charge in [-0.3, -0.25) is 0 Å². The highest BCUT2D eigenvalue weighted by Crippen LogP contribution is 2.30. The third kappa shape index (κ3) is 4.33. The smallest absolute Gasteiger partial charge is 0.243 e. The van der Waals surface area contributed by atoms with Crippen molar-refractivity contribution in [3.8, 4) is 5.75 Å². The molecular formula is C22H30N2O3S. The maximum atomic E-state index is 13.0. The molecule has 1 heterocycles. The molecule has 28 heavy (non-hydrogen) atoms. The summed E-state index contributed by atoms with van der Waals surface area (Å²) in [5.41, 5.74) is 2.21. The van der Waals surface area contributed by atoms with Crippen molar-refractivity contribution in [2.45, 2.75) is 38.0 Å². The third-order valence-corrected chi connectivity index (χ3v) is 7.36. The van der Waals surface area contributed by atoms with Gasteiger partial charge in [0.25, 0.3) is 0 Å². The molecule has 1 atom stereocenters. The van der Waals surface area contributed by atoms with Crippen LogP contribution in [0.15, 0.2) is 53.4 Å². The quantitative estimate of drug-likeness (QED) is 0.699. The maximum absolute atomic E-state index is 13.0. The minimum absolute atomic E-state index is 0.378. The molecule has 0 radical (unpaired) electrons. The summed E-state index contributed by atoms with van der Waals surface area (Å²) in [5.74, 6) is 1.28. The molecule has 6 heteroatoms. The van der Waals surface area contributed by atoms with Gasteiger partial charge in [-0.2, -0.15) is 4.31 Å². The molecule has 2 aromatic rings. The Morgan fingerprint density at radius 3 is 2.21 bits per heavy atom. The van der Waals surface area contributed by atoms with Crippen LogP contribution >= 0.6 is 0 Å². The van der Waals surface area contributed by atoms with Gasteiger partial charge in [-0.1, -0.05) is 38.1 Å². The van der Waals surface area contributed by atoms with E-state index in [1.807, 2.05) is 43.3 Å². The highest BCUT2D eigenvalue weighted by molar-refractivity contribution is 7.89. The summed E-state index contributed by atoms with van der Waals surface area (Å²) < 4.78 is 33.4. The number of ether oxygens (including phenoxy) is 1. The van der Waals surface area contributed by atoms with Gasteiger partial charge in [-0.05, 0) is 49.1 Å². The van der Waals surface area contributed by atoms with Crippen molar-refractivity contribution >= 4 is 15.7 Å². The van der Waals surface area contributed by atoms with Crippen molar-refractivity contribution < 1.29 is 13.2 Å². The standard InChI is InChI=1S/C22H30N2O3S/c1-4-18(3)19-10-12-20(13-11-19)28(25,26)24-16-14-23(15-17-24)21-8-6-7-9-22(21)27-5-2/h6-13,18H,4-5,14-17H2,1-3H3. The zero-order valence-corrected chi connectivity index (χ0v) is 17.8. The Bertz CT molecular complexity index is 873. The van der Waals surface area contributed by atoms with Crippen molar-refractivity contribution in [2.24, 2.45) is 0 Å². The second-order valence-electron chi connectivity index (χ2n) is 7.17. The van der Waals surface area contributed by atoms with E-state index in [0.717, 1.165) is 17.9 Å². The minimum atomic E-state index is -3.46. The molecule has 0 bridgehead atoms. The van der Waals surface area contributed by atoms with E-state index in [2.05, 4.69) is 18.7 Å². The number of rotatable bonds is 7. The van der Waals surface area contributed by atoms with Crippen LogP contribution in [0.3, 0.4) is 0 Å². The Morgan fingerprint density at radius 2 is 1.61 bits per heavy atom. The molecule has 0 spiro atoms. The Hall–Kier alpha value is -2.05. The SMILES string of the molecule is CCOc1ccccc1N1CCN(S(=O)(=O)c2ccc(C(C)CC)cc2)CC1. The summed E-state index contributed by atoms with van der Waals surface area (Å²) in [6.07, 6.45) is 1.04. The first-order valence-electron chi connectivity index (χ1n) is 10.0. The summed E-state index contributed by atoms with van der Waals surface area (Å²) in [6, 6.07) is 15.3. The van der Waals surface area contributed by atoms with Crippen LogP contribution < -0.4 is 9.64 Å². The predicted molar refractivity (Wildman–Crippen MR) is 114 cm³/mol. The monoisotopic (exact) mass is 402 g/mol. The number of nitrogens with zero attached hydrogens (tertiary/aromatic N) is 2. The van der Waals surface area contributed by atoms with Gasteiger partial charge in [0.15, 0.2) is 0 Å². The van der Waals surface area contributed by atoms with Crippen molar-refractivity contribution in [2.75, 3.05) is 37.7 Å². The Kier molecular flexibility index (Phi) is 6.62. The Balaban J connectivity index is 1.70. The van der Waals surface area contributed by atoms with Crippen LogP contribution in [0, 0.1) is 0 Å². The molecule has 1 fully saturated rings. The van der Waals surface area contributed by atoms with Gasteiger partial charge in [0.1, 0.15) is 5.75 Å². The average Bonchev–Trinajstić information content (AvgIpc) is 2.74. The number of para-hydroxylation sites is 2. The normalized spacial score (nSPS) is 16.8. The lowest BCUT2D eigenvalue weighted by atomic mass is 9.99. The van der Waals surface area contributed by atoms with E-state index in [9.17, 15) is 8.42 Å². The number of hydrogen-bond acceptors (Lipinski definition) is 4. The van der Waals surface area contributed by atoms with Crippen molar-refractivity contribution in [3.05, 3.63) is 54.1 Å². The number of hydrogen-bond donors (Lipinski definition) is 0. The molecule has 1 aliphatic heterocycles. The van der Waals surface area contributed by atoms with Gasteiger partial charge in [0.2, 0.25) is 10.0 Å². The summed E-state index contributed by atoms with van der Waals surface area (Å²) in [5, 5.41) is 0. The van der Waals surface area contributed by atoms with Crippen LogP contribution in [0.1, 0.15) is 38.7 Å². The molecular weight excluding hydrogens is 372 g/mol. The number of benzene rings is 2. The molecule has 3 rings (SSSR count). The first-order valence-corrected chi connectivity index (χ1v) is 11.5. The van der Waals surface area contributed by atoms with E-state index >= 15 is 0 Å². The van der Waals surface area contributed by atoms with Crippen LogP contribution in [0.4, 0.5) is 5.69 Å². The van der Waals surface area contributed by atoms with Crippen LogP contribution in [0.2, 0.25) is 0 Å². The fourth-order valence-corrected chi connectivity index (χ4v) is 4.94. The van der Waals surface area contributed by atoms with Crippen LogP contribution in [0.25, 0.3) is 0 Å². The van der Waals surface area contributed by atoms with Gasteiger partial charge in [0, 0.05) is 26.2 Å². The first kappa shape index (κ1) is 20.7. The highest BCUT2D eigenvalue weighted by Gasteiger charge is 2.29. The predicted octanol–water partition coefficient (Wildman–Crippen LogP) is 4.11. The molecule has 5 nitrogen and oxygen atoms in total. The molecule has 0 aliphatic carbocycles. The molecule has 1 saturated heterocycles. The van der Waals surface area contributed by atoms with Gasteiger partial charge in [0.05, 0.1) is 17.2 Å². The summed E-state index contributed by atoms with van der Waals surface area (Å²) >= 11 is 0. The van der Waals surface area contributed by atoms with E-state index < -0.39 is 10.0 Å². The summed E-state index contributed by atoms with van der Waals surface area (Å²) in [6.45, 7) is 9.10. The van der Waals surface area contributed by atoms with Gasteiger partial charge >= 0.3 is 0 Å². The number of sulfonamides is 1. The van der Waals surface area contributed by atoms with Crippen LogP contribution in [-0.2, 0) is 10.0 Å². The number of anilines is 1. The zero-order valence-electron chi connectivity index (χ0n) is 17.0. The molecule has 152 valence electrons. The first-order chi connectivity index (χ1) is 13.5. The molecule has 2 aromatic carbocycles. The van der Waals surface area contributed by atoms with Gasteiger partial charge in [-0.25, -0.2) is 8.42 Å². The van der Waals surface area contributed by atoms with E-state index in [-0.39, 0.29) is 0 Å². The highest BCUT2D eigenvalue weighted by atomic mass is 32.2. The van der Waals surface area contributed by atoms with E-state index in [1.165, 1.54) is 5.56 Å². The molecule has 0 aromatic heterocycles. The van der Waals surface area contributed by atoms with Crippen molar-refractivity contribution in [3.63, 3.8) is 0 Å². The van der Waals surface area contributed by atoms with Gasteiger partial charge in [-0.15, -0.1) is 0 Å². The van der Waals surface area contributed by atoms with Crippen molar-refractivity contribution in [1.29, 1.82) is 0 Å². The Morgan fingerprint density at radius 1 is 0.964 bits per heavy atom. The lowest BCUT2D eigenvalue weighted by molar-refractivity contribution is 0.337. The molecule has 0 saturated carbocycles. The Labute approximate surface area is 169 Å². The van der Waals surface area contributed by atoms with Gasteiger partial charge < -0.3 is 9.64 Å². The summed E-state index contributed by atoms with van der Waals surface area (Å²) in [7, 11) is -3.46. The molecule has 0 N–H and O–H groups in total. The number of piperazine rings is 1. The lowest BCUT2D eigenvalue weighted by Gasteiger charge is -2.36. The van der Waals surface area contributed by atoms with E-state index in [0.29, 0.717) is 43.6 Å². The lowest BCUT2D eigenvalue weighted by Crippen LogP contribution is -2.48. The minimum Gasteiger partial charge on any atom is -0.492 e. The largest absolute Gasteiger partial charge is 0.492 e. The average molecular weight is 403 g/mol. The second kappa shape index (κ2) is 8.97. The second-order valence-corrected chi connectivity index (χ2v) is 9.11. The third-order valence-electron chi connectivity index (χ3n) is 5.44. The van der Waals surface area contributed by atoms with Crippen LogP contribution in [-0.4, -0.2) is 45.5 Å². The maximum Gasteiger partial charge on any atom is 0.243 e. The van der Waals surface area contributed by atoms with E-state index in [4.69, 9.17) is 4.74 Å². The molecule has 1 aliphatic rings. The summed E-state index contributed by atoms with van der Waals surface area (Å²) in [4.78, 5) is 2.57. The fraction of sp³-hybridized carbons (Fsp3) is 0.455. The topological polar surface area (TPSA) is 49.9 Å². The molecule has 1 unspecified atom stereocenters. The van der Waals surface area contributed by atoms with E-state index in [1.54, 1.807) is 16.4 Å². The van der Waals surface area contributed by atoms with Crippen LogP contribution in [0.5, 0.6) is 5.75 Å². The molecule has 0 amide bonds.